The van der Waals surface area contributed by atoms with E-state index in [4.69, 9.17) is 10.5 Å². The van der Waals surface area contributed by atoms with Crippen LogP contribution in [-0.4, -0.2) is 22.4 Å². The zero-order chi connectivity index (χ0) is 14.5. The molecule has 1 atom stereocenters. The molecule has 0 bridgehead atoms. The van der Waals surface area contributed by atoms with Gasteiger partial charge in [-0.15, -0.1) is 0 Å². The van der Waals surface area contributed by atoms with E-state index in [1.54, 1.807) is 0 Å². The molecule has 0 saturated heterocycles. The second-order valence-electron chi connectivity index (χ2n) is 4.75. The van der Waals surface area contributed by atoms with Gasteiger partial charge in [0.15, 0.2) is 0 Å². The highest BCUT2D eigenvalue weighted by Gasteiger charge is 2.15. The SMILES string of the molecule is CCn1nc(C)c(Br)c1CC(N)COc1ccccc1. The Kier molecular flexibility index (Phi) is 5.20. The fourth-order valence-electron chi connectivity index (χ4n) is 2.09. The monoisotopic (exact) mass is 337 g/mol. The Morgan fingerprint density at radius 3 is 2.70 bits per heavy atom. The third-order valence-electron chi connectivity index (χ3n) is 3.12. The Morgan fingerprint density at radius 2 is 2.05 bits per heavy atom. The summed E-state index contributed by atoms with van der Waals surface area (Å²) in [4.78, 5) is 0. The molecule has 2 N–H and O–H groups in total. The summed E-state index contributed by atoms with van der Waals surface area (Å²) in [6.07, 6.45) is 0.738. The van der Waals surface area contributed by atoms with E-state index >= 15 is 0 Å². The molecule has 0 fully saturated rings. The van der Waals surface area contributed by atoms with E-state index in [1.807, 2.05) is 41.9 Å². The molecule has 0 spiro atoms. The van der Waals surface area contributed by atoms with Crippen LogP contribution in [0.25, 0.3) is 0 Å². The van der Waals surface area contributed by atoms with Gasteiger partial charge in [-0.1, -0.05) is 18.2 Å². The zero-order valence-electron chi connectivity index (χ0n) is 11.8. The highest BCUT2D eigenvalue weighted by molar-refractivity contribution is 9.10. The molecule has 4 nitrogen and oxygen atoms in total. The minimum absolute atomic E-state index is 0.0621. The predicted molar refractivity (Wildman–Crippen MR) is 84.0 cm³/mol. The summed E-state index contributed by atoms with van der Waals surface area (Å²) in [5.74, 6) is 0.849. The maximum Gasteiger partial charge on any atom is 0.119 e. The molecule has 1 heterocycles. The highest BCUT2D eigenvalue weighted by Crippen LogP contribution is 2.22. The number of aromatic nitrogens is 2. The van der Waals surface area contributed by atoms with Crippen molar-refractivity contribution in [2.24, 2.45) is 5.73 Å². The molecular formula is C15H20BrN3O. The Balaban J connectivity index is 1.96. The summed E-state index contributed by atoms with van der Waals surface area (Å²) < 4.78 is 8.73. The van der Waals surface area contributed by atoms with Gasteiger partial charge in [0.25, 0.3) is 0 Å². The standard InChI is InChI=1S/C15H20BrN3O/c1-3-19-14(15(16)11(2)18-19)9-12(17)10-20-13-7-5-4-6-8-13/h4-8,12H,3,9-10,17H2,1-2H3. The summed E-state index contributed by atoms with van der Waals surface area (Å²) in [7, 11) is 0. The van der Waals surface area contributed by atoms with Crippen molar-refractivity contribution in [1.82, 2.24) is 9.78 Å². The van der Waals surface area contributed by atoms with Gasteiger partial charge in [0.1, 0.15) is 12.4 Å². The Morgan fingerprint density at radius 1 is 1.35 bits per heavy atom. The van der Waals surface area contributed by atoms with Crippen LogP contribution in [0.4, 0.5) is 0 Å². The first-order chi connectivity index (χ1) is 9.61. The van der Waals surface area contributed by atoms with Gasteiger partial charge in [0, 0.05) is 19.0 Å². The Hall–Kier alpha value is -1.33. The molecule has 2 rings (SSSR count). The number of para-hydroxylation sites is 1. The number of aryl methyl sites for hydroxylation is 2. The van der Waals surface area contributed by atoms with Crippen LogP contribution in [-0.2, 0) is 13.0 Å². The van der Waals surface area contributed by atoms with Gasteiger partial charge in [0.05, 0.1) is 15.9 Å². The maximum absolute atomic E-state index is 6.17. The van der Waals surface area contributed by atoms with E-state index < -0.39 is 0 Å². The van der Waals surface area contributed by atoms with Crippen molar-refractivity contribution in [3.63, 3.8) is 0 Å². The number of hydrogen-bond acceptors (Lipinski definition) is 3. The third-order valence-corrected chi connectivity index (χ3v) is 4.15. The smallest absolute Gasteiger partial charge is 0.119 e. The van der Waals surface area contributed by atoms with Crippen LogP contribution in [0.3, 0.4) is 0 Å². The van der Waals surface area contributed by atoms with E-state index in [0.717, 1.165) is 34.6 Å². The van der Waals surface area contributed by atoms with Crippen molar-refractivity contribution in [2.45, 2.75) is 32.9 Å². The average Bonchev–Trinajstić information content (AvgIpc) is 2.74. The number of hydrogen-bond donors (Lipinski definition) is 1. The molecule has 0 saturated carbocycles. The fourth-order valence-corrected chi connectivity index (χ4v) is 2.54. The van der Waals surface area contributed by atoms with Crippen LogP contribution in [0.5, 0.6) is 5.75 Å². The fraction of sp³-hybridized carbons (Fsp3) is 0.400. The van der Waals surface area contributed by atoms with E-state index in [2.05, 4.69) is 28.0 Å². The lowest BCUT2D eigenvalue weighted by molar-refractivity contribution is 0.285. The largest absolute Gasteiger partial charge is 0.492 e. The van der Waals surface area contributed by atoms with Gasteiger partial charge in [-0.3, -0.25) is 4.68 Å². The van der Waals surface area contributed by atoms with Crippen molar-refractivity contribution in [1.29, 1.82) is 0 Å². The molecule has 5 heteroatoms. The lowest BCUT2D eigenvalue weighted by atomic mass is 10.1. The molecule has 20 heavy (non-hydrogen) atoms. The minimum atomic E-state index is -0.0621. The van der Waals surface area contributed by atoms with Crippen molar-refractivity contribution in [2.75, 3.05) is 6.61 Å². The van der Waals surface area contributed by atoms with Crippen molar-refractivity contribution >= 4 is 15.9 Å². The van der Waals surface area contributed by atoms with Crippen LogP contribution in [0.15, 0.2) is 34.8 Å². The summed E-state index contributed by atoms with van der Waals surface area (Å²) in [6, 6.07) is 9.67. The van der Waals surface area contributed by atoms with Crippen molar-refractivity contribution < 1.29 is 4.74 Å². The summed E-state index contributed by atoms with van der Waals surface area (Å²) in [6.45, 7) is 5.40. The molecule has 0 aliphatic rings. The number of nitrogens with two attached hydrogens (primary N) is 1. The number of halogens is 1. The summed E-state index contributed by atoms with van der Waals surface area (Å²) >= 11 is 3.59. The first kappa shape index (κ1) is 15.1. The van der Waals surface area contributed by atoms with E-state index in [0.29, 0.717) is 6.61 Å². The van der Waals surface area contributed by atoms with Gasteiger partial charge >= 0.3 is 0 Å². The third kappa shape index (κ3) is 3.61. The zero-order valence-corrected chi connectivity index (χ0v) is 13.4. The highest BCUT2D eigenvalue weighted by atomic mass is 79.9. The van der Waals surface area contributed by atoms with E-state index in [-0.39, 0.29) is 6.04 Å². The maximum atomic E-state index is 6.17. The van der Waals surface area contributed by atoms with Gasteiger partial charge in [0.2, 0.25) is 0 Å². The Labute approximate surface area is 128 Å². The van der Waals surface area contributed by atoms with Crippen molar-refractivity contribution in [3.05, 3.63) is 46.2 Å². The minimum Gasteiger partial charge on any atom is -0.492 e. The topological polar surface area (TPSA) is 53.1 Å². The van der Waals surface area contributed by atoms with Crippen LogP contribution in [0.2, 0.25) is 0 Å². The quantitative estimate of drug-likeness (QED) is 0.881. The van der Waals surface area contributed by atoms with Gasteiger partial charge in [-0.05, 0) is 41.9 Å². The number of benzene rings is 1. The summed E-state index contributed by atoms with van der Waals surface area (Å²) in [5.41, 5.74) is 8.30. The molecule has 1 aromatic heterocycles. The second-order valence-corrected chi connectivity index (χ2v) is 5.54. The lowest BCUT2D eigenvalue weighted by Crippen LogP contribution is -2.31. The number of ether oxygens (including phenoxy) is 1. The first-order valence-corrected chi connectivity index (χ1v) is 7.56. The molecular weight excluding hydrogens is 318 g/mol. The average molecular weight is 338 g/mol. The molecule has 1 unspecified atom stereocenters. The predicted octanol–water partition coefficient (Wildman–Crippen LogP) is 2.92. The number of rotatable bonds is 6. The molecule has 1 aromatic carbocycles. The second kappa shape index (κ2) is 6.90. The van der Waals surface area contributed by atoms with E-state index in [1.165, 1.54) is 0 Å². The molecule has 108 valence electrons. The molecule has 0 amide bonds. The van der Waals surface area contributed by atoms with E-state index in [9.17, 15) is 0 Å². The van der Waals surface area contributed by atoms with Crippen LogP contribution < -0.4 is 10.5 Å². The Bertz CT molecular complexity index is 554. The van der Waals surface area contributed by atoms with Crippen LogP contribution >= 0.6 is 15.9 Å². The summed E-state index contributed by atoms with van der Waals surface area (Å²) in [5, 5.41) is 4.47. The van der Waals surface area contributed by atoms with Gasteiger partial charge < -0.3 is 10.5 Å². The van der Waals surface area contributed by atoms with Gasteiger partial charge in [-0.25, -0.2) is 0 Å². The lowest BCUT2D eigenvalue weighted by Gasteiger charge is -2.14. The first-order valence-electron chi connectivity index (χ1n) is 6.77. The molecule has 0 aliphatic heterocycles. The van der Waals surface area contributed by atoms with Crippen LogP contribution in [0, 0.1) is 6.92 Å². The van der Waals surface area contributed by atoms with Crippen LogP contribution in [0.1, 0.15) is 18.3 Å². The molecule has 0 aliphatic carbocycles. The molecule has 0 radical (unpaired) electrons. The van der Waals surface area contributed by atoms with Gasteiger partial charge in [-0.2, -0.15) is 5.10 Å². The molecule has 2 aromatic rings. The normalized spacial score (nSPS) is 12.4. The number of nitrogens with zero attached hydrogens (tertiary/aromatic N) is 2. The van der Waals surface area contributed by atoms with Crippen molar-refractivity contribution in [3.8, 4) is 5.75 Å².